The van der Waals surface area contributed by atoms with Gasteiger partial charge in [-0.25, -0.2) is 9.67 Å². The van der Waals surface area contributed by atoms with Gasteiger partial charge in [0.2, 0.25) is 0 Å². The molecule has 3 heterocycles. The highest BCUT2D eigenvalue weighted by molar-refractivity contribution is 5.96. The smallest absolute Gasteiger partial charge is 0.255 e. The lowest BCUT2D eigenvalue weighted by atomic mass is 10.0. The Hall–Kier alpha value is -2.80. The minimum Gasteiger partial charge on any atom is -0.337 e. The zero-order chi connectivity index (χ0) is 19.5. The van der Waals surface area contributed by atoms with Crippen LogP contribution >= 0.6 is 0 Å². The van der Waals surface area contributed by atoms with Crippen molar-refractivity contribution in [1.29, 1.82) is 0 Å². The minimum absolute atomic E-state index is 0.00466. The van der Waals surface area contributed by atoms with Gasteiger partial charge in [0.05, 0.1) is 5.56 Å². The fourth-order valence-electron chi connectivity index (χ4n) is 3.90. The van der Waals surface area contributed by atoms with Crippen LogP contribution in [-0.2, 0) is 13.5 Å². The van der Waals surface area contributed by atoms with Crippen LogP contribution in [-0.4, -0.2) is 68.4 Å². The first-order chi connectivity index (χ1) is 13.6. The van der Waals surface area contributed by atoms with Gasteiger partial charge in [0.15, 0.2) is 5.65 Å². The van der Waals surface area contributed by atoms with Crippen LogP contribution in [0.3, 0.4) is 0 Å². The molecular formula is C21H26N6O. The number of benzene rings is 1. The van der Waals surface area contributed by atoms with Crippen LogP contribution in [0.25, 0.3) is 11.2 Å². The molecule has 28 heavy (non-hydrogen) atoms. The Labute approximate surface area is 165 Å². The summed E-state index contributed by atoms with van der Waals surface area (Å²) in [6.45, 7) is 3.03. The molecule has 0 unspecified atom stereocenters. The van der Waals surface area contributed by atoms with Crippen LogP contribution in [0.15, 0.2) is 42.6 Å². The summed E-state index contributed by atoms with van der Waals surface area (Å²) in [5, 5.41) is 8.03. The number of aromatic nitrogens is 4. The predicted molar refractivity (Wildman–Crippen MR) is 108 cm³/mol. The lowest BCUT2D eigenvalue weighted by Gasteiger charge is -2.37. The van der Waals surface area contributed by atoms with Gasteiger partial charge in [-0.05, 0) is 37.4 Å². The molecule has 0 bridgehead atoms. The average molecular weight is 378 g/mol. The van der Waals surface area contributed by atoms with Crippen LogP contribution < -0.4 is 0 Å². The van der Waals surface area contributed by atoms with E-state index >= 15 is 0 Å². The first kappa shape index (κ1) is 18.6. The van der Waals surface area contributed by atoms with Gasteiger partial charge in [-0.15, -0.1) is 5.10 Å². The molecule has 1 amide bonds. The van der Waals surface area contributed by atoms with Crippen molar-refractivity contribution in [3.63, 3.8) is 0 Å². The van der Waals surface area contributed by atoms with Crippen LogP contribution in [0, 0.1) is 0 Å². The number of rotatable bonds is 5. The van der Waals surface area contributed by atoms with Crippen LogP contribution in [0.2, 0.25) is 0 Å². The molecule has 7 nitrogen and oxygen atoms in total. The summed E-state index contributed by atoms with van der Waals surface area (Å²) in [7, 11) is 3.69. The van der Waals surface area contributed by atoms with Gasteiger partial charge in [-0.3, -0.25) is 4.79 Å². The summed E-state index contributed by atoms with van der Waals surface area (Å²) >= 11 is 0. The number of likely N-dealkylation sites (tertiary alicyclic amines) is 1. The molecule has 4 rings (SSSR count). The summed E-state index contributed by atoms with van der Waals surface area (Å²) in [6.07, 6.45) is 4.81. The Kier molecular flexibility index (Phi) is 5.34. The third kappa shape index (κ3) is 3.89. The Morgan fingerprint density at radius 3 is 2.93 bits per heavy atom. The summed E-state index contributed by atoms with van der Waals surface area (Å²) in [5.41, 5.74) is 3.26. The number of aryl methyl sites for hydroxylation is 1. The predicted octanol–water partition coefficient (Wildman–Crippen LogP) is 2.14. The standard InChI is InChI=1S/C21H26N6O/c1-25(21(28)17-13-19-20(22-14-17)26(2)24-23-19)18-9-6-11-27(15-18)12-10-16-7-4-3-5-8-16/h3-5,7-8,13-14,18H,6,9-12,15H2,1-2H3/t18-/m0/s1. The fourth-order valence-corrected chi connectivity index (χ4v) is 3.90. The second-order valence-electron chi connectivity index (χ2n) is 7.53. The molecule has 1 aliphatic heterocycles. The molecule has 1 saturated heterocycles. The summed E-state index contributed by atoms with van der Waals surface area (Å²) in [5.74, 6) is -0.00466. The zero-order valence-corrected chi connectivity index (χ0v) is 16.5. The molecule has 146 valence electrons. The van der Waals surface area contributed by atoms with Crippen molar-refractivity contribution in [1.82, 2.24) is 29.8 Å². The van der Waals surface area contributed by atoms with Gasteiger partial charge < -0.3 is 9.80 Å². The van der Waals surface area contributed by atoms with Crippen LogP contribution in [0.5, 0.6) is 0 Å². The summed E-state index contributed by atoms with van der Waals surface area (Å²) < 4.78 is 1.61. The molecule has 1 fully saturated rings. The maximum Gasteiger partial charge on any atom is 0.255 e. The second kappa shape index (κ2) is 8.06. The topological polar surface area (TPSA) is 67.2 Å². The molecule has 0 aliphatic carbocycles. The van der Waals surface area contributed by atoms with E-state index in [1.54, 1.807) is 24.0 Å². The molecule has 2 aromatic heterocycles. The highest BCUT2D eigenvalue weighted by Gasteiger charge is 2.27. The van der Waals surface area contributed by atoms with Crippen molar-refractivity contribution in [2.24, 2.45) is 7.05 Å². The Morgan fingerprint density at radius 2 is 2.11 bits per heavy atom. The third-order valence-corrected chi connectivity index (χ3v) is 5.60. The Morgan fingerprint density at radius 1 is 1.29 bits per heavy atom. The van der Waals surface area contributed by atoms with E-state index in [1.807, 2.05) is 18.0 Å². The number of hydrogen-bond acceptors (Lipinski definition) is 5. The van der Waals surface area contributed by atoms with Crippen molar-refractivity contribution in [3.05, 3.63) is 53.7 Å². The number of nitrogens with zero attached hydrogens (tertiary/aromatic N) is 6. The van der Waals surface area contributed by atoms with E-state index in [4.69, 9.17) is 0 Å². The molecule has 0 N–H and O–H groups in total. The summed E-state index contributed by atoms with van der Waals surface area (Å²) in [6, 6.07) is 12.6. The van der Waals surface area contributed by atoms with E-state index in [0.717, 1.165) is 38.9 Å². The third-order valence-electron chi connectivity index (χ3n) is 5.60. The van der Waals surface area contributed by atoms with Gasteiger partial charge >= 0.3 is 0 Å². The molecule has 3 aromatic rings. The number of piperidine rings is 1. The molecule has 1 aromatic carbocycles. The fraction of sp³-hybridized carbons (Fsp3) is 0.429. The van der Waals surface area contributed by atoms with Crippen LogP contribution in [0.4, 0.5) is 0 Å². The number of carbonyl (C=O) groups is 1. The number of pyridine rings is 1. The number of fused-ring (bicyclic) bond motifs is 1. The van der Waals surface area contributed by atoms with Crippen molar-refractivity contribution >= 4 is 17.1 Å². The molecular weight excluding hydrogens is 352 g/mol. The van der Waals surface area contributed by atoms with Gasteiger partial charge in [0, 0.05) is 39.4 Å². The Balaban J connectivity index is 1.39. The van der Waals surface area contributed by atoms with Crippen LogP contribution in [0.1, 0.15) is 28.8 Å². The molecule has 0 radical (unpaired) electrons. The van der Waals surface area contributed by atoms with E-state index in [0.29, 0.717) is 16.7 Å². The largest absolute Gasteiger partial charge is 0.337 e. The van der Waals surface area contributed by atoms with E-state index in [2.05, 4.69) is 44.5 Å². The minimum atomic E-state index is -0.00466. The first-order valence-corrected chi connectivity index (χ1v) is 9.80. The zero-order valence-electron chi connectivity index (χ0n) is 16.5. The highest BCUT2D eigenvalue weighted by atomic mass is 16.2. The number of likely N-dealkylation sites (N-methyl/N-ethyl adjacent to an activating group) is 1. The van der Waals surface area contributed by atoms with Crippen molar-refractivity contribution in [2.45, 2.75) is 25.3 Å². The lowest BCUT2D eigenvalue weighted by molar-refractivity contribution is 0.0619. The van der Waals surface area contributed by atoms with Gasteiger partial charge in [-0.2, -0.15) is 0 Å². The molecule has 1 aliphatic rings. The van der Waals surface area contributed by atoms with Crippen molar-refractivity contribution in [3.8, 4) is 0 Å². The first-order valence-electron chi connectivity index (χ1n) is 9.80. The summed E-state index contributed by atoms with van der Waals surface area (Å²) in [4.78, 5) is 21.7. The van der Waals surface area contributed by atoms with E-state index in [-0.39, 0.29) is 11.9 Å². The maximum atomic E-state index is 13.0. The number of carbonyl (C=O) groups excluding carboxylic acids is 1. The van der Waals surface area contributed by atoms with Crippen molar-refractivity contribution < 1.29 is 4.79 Å². The average Bonchev–Trinajstić information content (AvgIpc) is 3.12. The van der Waals surface area contributed by atoms with Crippen molar-refractivity contribution in [2.75, 3.05) is 26.7 Å². The van der Waals surface area contributed by atoms with E-state index < -0.39 is 0 Å². The quantitative estimate of drug-likeness (QED) is 0.680. The monoisotopic (exact) mass is 378 g/mol. The van der Waals surface area contributed by atoms with Gasteiger partial charge in [0.1, 0.15) is 5.52 Å². The van der Waals surface area contributed by atoms with E-state index in [9.17, 15) is 4.79 Å². The van der Waals surface area contributed by atoms with Gasteiger partial charge in [-0.1, -0.05) is 35.5 Å². The molecule has 0 spiro atoms. The second-order valence-corrected chi connectivity index (χ2v) is 7.53. The number of hydrogen-bond donors (Lipinski definition) is 0. The van der Waals surface area contributed by atoms with E-state index in [1.165, 1.54) is 5.56 Å². The molecule has 0 saturated carbocycles. The normalized spacial score (nSPS) is 17.7. The molecule has 7 heteroatoms. The number of amides is 1. The maximum absolute atomic E-state index is 13.0. The highest BCUT2D eigenvalue weighted by Crippen LogP contribution is 2.18. The molecule has 1 atom stereocenters. The lowest BCUT2D eigenvalue weighted by Crippen LogP contribution is -2.49. The Bertz CT molecular complexity index is 954. The van der Waals surface area contributed by atoms with Gasteiger partial charge in [0.25, 0.3) is 5.91 Å². The SMILES string of the molecule is CN(C(=O)c1cnc2c(c1)nnn2C)[C@H]1CCCN(CCc2ccccc2)C1.